The van der Waals surface area contributed by atoms with Gasteiger partial charge in [0.05, 0.1) is 18.3 Å². The van der Waals surface area contributed by atoms with Gasteiger partial charge in [0.2, 0.25) is 5.91 Å². The molecule has 2 rings (SSSR count). The van der Waals surface area contributed by atoms with Crippen molar-refractivity contribution in [3.05, 3.63) is 30.1 Å². The largest absolute Gasteiger partial charge is 0.376 e. The van der Waals surface area contributed by atoms with Gasteiger partial charge < -0.3 is 10.6 Å². The summed E-state index contributed by atoms with van der Waals surface area (Å²) in [7, 11) is 0. The molecule has 0 aliphatic carbocycles. The van der Waals surface area contributed by atoms with E-state index >= 15 is 0 Å². The zero-order valence-corrected chi connectivity index (χ0v) is 14.2. The Morgan fingerprint density at radius 3 is 2.75 bits per heavy atom. The number of carbonyl (C=O) groups is 1. The highest BCUT2D eigenvalue weighted by molar-refractivity contribution is 5.82. The van der Waals surface area contributed by atoms with Gasteiger partial charge in [0, 0.05) is 5.69 Å². The quantitative estimate of drug-likeness (QED) is 0.831. The van der Waals surface area contributed by atoms with E-state index in [1.807, 2.05) is 39.0 Å². The van der Waals surface area contributed by atoms with Crippen LogP contribution in [0.5, 0.6) is 0 Å². The van der Waals surface area contributed by atoms with Crippen LogP contribution >= 0.6 is 0 Å². The van der Waals surface area contributed by atoms with Crippen LogP contribution in [0.1, 0.15) is 26.3 Å². The fraction of sp³-hybridized carbons (Fsp3) is 0.438. The molecular formula is C16H21N7O. The lowest BCUT2D eigenvalue weighted by molar-refractivity contribution is -0.121. The van der Waals surface area contributed by atoms with Crippen molar-refractivity contribution in [3.8, 4) is 11.8 Å². The summed E-state index contributed by atoms with van der Waals surface area (Å²) >= 11 is 0. The maximum atomic E-state index is 12.1. The smallest absolute Gasteiger partial charge is 0.240 e. The Kier molecular flexibility index (Phi) is 5.14. The molecule has 0 aliphatic heterocycles. The number of amides is 1. The number of hydrogen-bond donors (Lipinski definition) is 2. The van der Waals surface area contributed by atoms with E-state index in [1.54, 1.807) is 11.6 Å². The van der Waals surface area contributed by atoms with Crippen molar-refractivity contribution >= 4 is 11.6 Å². The Balaban J connectivity index is 1.99. The molecule has 0 spiro atoms. The van der Waals surface area contributed by atoms with Crippen LogP contribution in [-0.4, -0.2) is 38.2 Å². The molecule has 1 atom stereocenters. The molecule has 2 aromatic rings. The van der Waals surface area contributed by atoms with E-state index < -0.39 is 5.54 Å². The van der Waals surface area contributed by atoms with Crippen LogP contribution in [-0.2, 0) is 4.79 Å². The third kappa shape index (κ3) is 3.87. The molecule has 1 amide bonds. The number of anilines is 1. The van der Waals surface area contributed by atoms with Gasteiger partial charge in [-0.2, -0.15) is 5.26 Å². The molecule has 2 N–H and O–H groups in total. The Hall–Kier alpha value is -2.95. The number of rotatable bonds is 6. The van der Waals surface area contributed by atoms with Crippen LogP contribution in [0.2, 0.25) is 0 Å². The Bertz CT molecular complexity index is 748. The van der Waals surface area contributed by atoms with Crippen LogP contribution in [0.3, 0.4) is 0 Å². The molecule has 0 radical (unpaired) electrons. The topological polar surface area (TPSA) is 109 Å². The van der Waals surface area contributed by atoms with Crippen LogP contribution in [0.4, 0.5) is 5.69 Å². The summed E-state index contributed by atoms with van der Waals surface area (Å²) in [6.07, 6.45) is 1.53. The lowest BCUT2D eigenvalue weighted by Gasteiger charge is -2.27. The number of aryl methyl sites for hydroxylation is 1. The average Bonchev–Trinajstić information content (AvgIpc) is 3.06. The van der Waals surface area contributed by atoms with Gasteiger partial charge in [-0.3, -0.25) is 4.79 Å². The summed E-state index contributed by atoms with van der Waals surface area (Å²) in [5.41, 5.74) is 1.77. The molecule has 0 aliphatic rings. The van der Waals surface area contributed by atoms with Crippen LogP contribution < -0.4 is 10.6 Å². The summed E-state index contributed by atoms with van der Waals surface area (Å²) in [6, 6.07) is 7.80. The molecule has 0 saturated carbocycles. The first kappa shape index (κ1) is 17.4. The van der Waals surface area contributed by atoms with E-state index in [0.717, 1.165) is 16.9 Å². The van der Waals surface area contributed by atoms with E-state index in [4.69, 9.17) is 0 Å². The lowest BCUT2D eigenvalue weighted by atomic mass is 9.90. The molecule has 24 heavy (non-hydrogen) atoms. The Morgan fingerprint density at radius 2 is 2.21 bits per heavy atom. The molecule has 0 bridgehead atoms. The summed E-state index contributed by atoms with van der Waals surface area (Å²) < 4.78 is 1.58. The maximum Gasteiger partial charge on any atom is 0.240 e. The SMILES string of the molecule is Cc1cc(NCC(=O)N[C@@](C)(C#N)C(C)C)ccc1-n1cnnn1. The first-order valence-corrected chi connectivity index (χ1v) is 7.66. The zero-order chi connectivity index (χ0) is 17.7. The van der Waals surface area contributed by atoms with Crippen molar-refractivity contribution in [1.82, 2.24) is 25.5 Å². The number of nitrogens with one attached hydrogen (secondary N) is 2. The van der Waals surface area contributed by atoms with E-state index in [9.17, 15) is 10.1 Å². The first-order valence-electron chi connectivity index (χ1n) is 7.66. The third-order valence-electron chi connectivity index (χ3n) is 4.03. The maximum absolute atomic E-state index is 12.1. The number of tetrazole rings is 1. The van der Waals surface area contributed by atoms with Crippen molar-refractivity contribution in [1.29, 1.82) is 5.26 Å². The number of nitrogens with zero attached hydrogens (tertiary/aromatic N) is 5. The molecule has 0 unspecified atom stereocenters. The standard InChI is InChI=1S/C16H21N7O/c1-11(2)16(4,9-17)20-15(24)8-18-13-5-6-14(12(3)7-13)23-10-19-21-22-23/h5-7,10-11,18H,8H2,1-4H3,(H,20,24)/t16-/m0/s1. The zero-order valence-electron chi connectivity index (χ0n) is 14.2. The molecule has 8 nitrogen and oxygen atoms in total. The molecule has 8 heteroatoms. The number of benzene rings is 1. The molecule has 1 aromatic heterocycles. The number of hydrogen-bond acceptors (Lipinski definition) is 6. The summed E-state index contributed by atoms with van der Waals surface area (Å²) in [5.74, 6) is -0.209. The van der Waals surface area contributed by atoms with E-state index in [2.05, 4.69) is 32.2 Å². The van der Waals surface area contributed by atoms with Crippen LogP contribution in [0.15, 0.2) is 24.5 Å². The minimum absolute atomic E-state index is 0.0178. The van der Waals surface area contributed by atoms with Crippen molar-refractivity contribution in [2.24, 2.45) is 5.92 Å². The van der Waals surface area contributed by atoms with Gasteiger partial charge >= 0.3 is 0 Å². The second-order valence-electron chi connectivity index (χ2n) is 6.13. The monoisotopic (exact) mass is 327 g/mol. The highest BCUT2D eigenvalue weighted by atomic mass is 16.2. The van der Waals surface area contributed by atoms with E-state index in [1.165, 1.54) is 6.33 Å². The third-order valence-corrected chi connectivity index (χ3v) is 4.03. The van der Waals surface area contributed by atoms with Gasteiger partial charge in [-0.25, -0.2) is 4.68 Å². The predicted octanol–water partition coefficient (Wildman–Crippen LogP) is 1.44. The molecular weight excluding hydrogens is 306 g/mol. The Labute approximate surface area is 140 Å². The fourth-order valence-electron chi connectivity index (χ4n) is 2.11. The van der Waals surface area contributed by atoms with Gasteiger partial charge in [0.1, 0.15) is 11.9 Å². The van der Waals surface area contributed by atoms with Gasteiger partial charge in [-0.15, -0.1) is 5.10 Å². The normalized spacial score (nSPS) is 13.2. The lowest BCUT2D eigenvalue weighted by Crippen LogP contribution is -2.50. The fourth-order valence-corrected chi connectivity index (χ4v) is 2.11. The minimum atomic E-state index is -0.876. The minimum Gasteiger partial charge on any atom is -0.376 e. The Morgan fingerprint density at radius 1 is 1.46 bits per heavy atom. The highest BCUT2D eigenvalue weighted by Crippen LogP contribution is 2.18. The summed E-state index contributed by atoms with van der Waals surface area (Å²) in [4.78, 5) is 12.1. The van der Waals surface area contributed by atoms with Crippen molar-refractivity contribution in [2.45, 2.75) is 33.2 Å². The molecule has 126 valence electrons. The summed E-state index contributed by atoms with van der Waals surface area (Å²) in [6.45, 7) is 7.55. The molecule has 0 fully saturated rings. The van der Waals surface area contributed by atoms with E-state index in [-0.39, 0.29) is 18.4 Å². The van der Waals surface area contributed by atoms with Crippen LogP contribution in [0, 0.1) is 24.2 Å². The second kappa shape index (κ2) is 7.08. The number of aromatic nitrogens is 4. The van der Waals surface area contributed by atoms with Crippen LogP contribution in [0.25, 0.3) is 5.69 Å². The van der Waals surface area contributed by atoms with Gasteiger partial charge in [0.25, 0.3) is 0 Å². The first-order chi connectivity index (χ1) is 11.4. The molecule has 0 saturated heterocycles. The van der Waals surface area contributed by atoms with E-state index in [0.29, 0.717) is 0 Å². The van der Waals surface area contributed by atoms with Gasteiger partial charge in [0.15, 0.2) is 0 Å². The van der Waals surface area contributed by atoms with Gasteiger partial charge in [-0.1, -0.05) is 13.8 Å². The highest BCUT2D eigenvalue weighted by Gasteiger charge is 2.29. The number of carbonyl (C=O) groups excluding carboxylic acids is 1. The summed E-state index contributed by atoms with van der Waals surface area (Å²) in [5, 5.41) is 26.2. The predicted molar refractivity (Wildman–Crippen MR) is 89.4 cm³/mol. The molecule has 1 aromatic carbocycles. The van der Waals surface area contributed by atoms with Crippen molar-refractivity contribution < 1.29 is 4.79 Å². The number of nitriles is 1. The molecule has 1 heterocycles. The van der Waals surface area contributed by atoms with Crippen molar-refractivity contribution in [3.63, 3.8) is 0 Å². The van der Waals surface area contributed by atoms with Gasteiger partial charge in [-0.05, 0) is 54.0 Å². The van der Waals surface area contributed by atoms with Crippen molar-refractivity contribution in [2.75, 3.05) is 11.9 Å². The average molecular weight is 327 g/mol. The second-order valence-corrected chi connectivity index (χ2v) is 6.13.